The summed E-state index contributed by atoms with van der Waals surface area (Å²) in [6.45, 7) is 6.49. The van der Waals surface area contributed by atoms with Crippen molar-refractivity contribution in [3.63, 3.8) is 0 Å². The van der Waals surface area contributed by atoms with Crippen LogP contribution in [0, 0.1) is 6.92 Å². The summed E-state index contributed by atoms with van der Waals surface area (Å²) >= 11 is 6.21. The maximum atomic E-state index is 6.21. The summed E-state index contributed by atoms with van der Waals surface area (Å²) in [4.78, 5) is 4.35. The van der Waals surface area contributed by atoms with Crippen molar-refractivity contribution in [2.45, 2.75) is 26.9 Å². The second-order valence-corrected chi connectivity index (χ2v) is 4.65. The number of aryl methyl sites for hydroxylation is 2. The maximum absolute atomic E-state index is 6.21. The Hall–Kier alpha value is -1.33. The molecular weight excluding hydrogens is 250 g/mol. The van der Waals surface area contributed by atoms with Crippen LogP contribution in [0.15, 0.2) is 12.5 Å². The predicted molar refractivity (Wildman–Crippen MR) is 71.7 cm³/mol. The van der Waals surface area contributed by atoms with E-state index >= 15 is 0 Å². The van der Waals surface area contributed by atoms with E-state index in [-0.39, 0.29) is 0 Å². The lowest BCUT2D eigenvalue weighted by molar-refractivity contribution is 0.712. The summed E-state index contributed by atoms with van der Waals surface area (Å²) in [7, 11) is 1.85. The zero-order chi connectivity index (χ0) is 13.1. The van der Waals surface area contributed by atoms with Gasteiger partial charge >= 0.3 is 0 Å². The van der Waals surface area contributed by atoms with E-state index in [0.29, 0.717) is 11.7 Å². The van der Waals surface area contributed by atoms with Crippen molar-refractivity contribution >= 4 is 11.6 Å². The highest BCUT2D eigenvalue weighted by atomic mass is 35.5. The number of nitrogens with one attached hydrogen (secondary N) is 1. The zero-order valence-corrected chi connectivity index (χ0v) is 11.7. The molecule has 2 aromatic rings. The van der Waals surface area contributed by atoms with Crippen LogP contribution in [0.1, 0.15) is 23.9 Å². The summed E-state index contributed by atoms with van der Waals surface area (Å²) in [5, 5.41) is 8.24. The largest absolute Gasteiger partial charge is 0.333 e. The van der Waals surface area contributed by atoms with Gasteiger partial charge in [0.15, 0.2) is 0 Å². The Morgan fingerprint density at radius 3 is 2.83 bits per heavy atom. The van der Waals surface area contributed by atoms with E-state index < -0.39 is 0 Å². The molecule has 2 aromatic heterocycles. The van der Waals surface area contributed by atoms with E-state index in [1.165, 1.54) is 0 Å². The molecule has 0 bridgehead atoms. The number of hydrogen-bond acceptors (Lipinski definition) is 3. The molecule has 2 heterocycles. The van der Waals surface area contributed by atoms with Gasteiger partial charge in [-0.2, -0.15) is 5.10 Å². The van der Waals surface area contributed by atoms with E-state index in [4.69, 9.17) is 11.6 Å². The van der Waals surface area contributed by atoms with Gasteiger partial charge < -0.3 is 9.88 Å². The Balaban J connectivity index is 2.11. The molecule has 0 radical (unpaired) electrons. The Bertz CT molecular complexity index is 529. The fourth-order valence-corrected chi connectivity index (χ4v) is 2.11. The van der Waals surface area contributed by atoms with Crippen molar-refractivity contribution in [1.29, 1.82) is 0 Å². The molecule has 0 spiro atoms. The molecule has 0 aliphatic carbocycles. The maximum Gasteiger partial charge on any atom is 0.131 e. The molecule has 0 amide bonds. The fraction of sp³-hybridized carbons (Fsp3) is 0.500. The summed E-state index contributed by atoms with van der Waals surface area (Å²) < 4.78 is 3.73. The first-order valence-corrected chi connectivity index (χ1v) is 6.39. The Morgan fingerprint density at radius 2 is 2.22 bits per heavy atom. The molecule has 18 heavy (non-hydrogen) atoms. The molecule has 98 valence electrons. The van der Waals surface area contributed by atoms with E-state index in [9.17, 15) is 0 Å². The zero-order valence-electron chi connectivity index (χ0n) is 10.9. The van der Waals surface area contributed by atoms with E-state index in [2.05, 4.69) is 22.3 Å². The van der Waals surface area contributed by atoms with E-state index in [0.717, 1.165) is 30.0 Å². The molecule has 2 rings (SSSR count). The minimum Gasteiger partial charge on any atom is -0.333 e. The SMILES string of the molecule is CCNCc1cn(Cc2c(C)nn(C)c2Cl)cn1. The predicted octanol–water partition coefficient (Wildman–Crippen LogP) is 1.74. The molecular formula is C12H18ClN5. The van der Waals surface area contributed by atoms with Crippen LogP contribution in [0.2, 0.25) is 5.15 Å². The average molecular weight is 268 g/mol. The van der Waals surface area contributed by atoms with Crippen LogP contribution in [0.5, 0.6) is 0 Å². The lowest BCUT2D eigenvalue weighted by Gasteiger charge is -2.01. The molecule has 0 aliphatic heterocycles. The minimum atomic E-state index is 0.689. The Labute approximate surface area is 112 Å². The average Bonchev–Trinajstić information content (AvgIpc) is 2.88. The second kappa shape index (κ2) is 5.54. The number of nitrogens with zero attached hydrogens (tertiary/aromatic N) is 4. The number of halogens is 1. The first kappa shape index (κ1) is 13.1. The van der Waals surface area contributed by atoms with Crippen molar-refractivity contribution < 1.29 is 0 Å². The third-order valence-electron chi connectivity index (χ3n) is 2.85. The van der Waals surface area contributed by atoms with Crippen molar-refractivity contribution in [1.82, 2.24) is 24.6 Å². The van der Waals surface area contributed by atoms with Gasteiger partial charge in [0.2, 0.25) is 0 Å². The number of hydrogen-bond donors (Lipinski definition) is 1. The van der Waals surface area contributed by atoms with Gasteiger partial charge in [-0.15, -0.1) is 0 Å². The molecule has 0 saturated carbocycles. The lowest BCUT2D eigenvalue weighted by atomic mass is 10.2. The van der Waals surface area contributed by atoms with Crippen molar-refractivity contribution in [3.8, 4) is 0 Å². The van der Waals surface area contributed by atoms with Gasteiger partial charge in [-0.05, 0) is 13.5 Å². The molecule has 1 N–H and O–H groups in total. The summed E-state index contributed by atoms with van der Waals surface area (Å²) in [5.74, 6) is 0. The lowest BCUT2D eigenvalue weighted by Crippen LogP contribution is -2.11. The molecule has 0 aromatic carbocycles. The van der Waals surface area contributed by atoms with Crippen molar-refractivity contribution in [3.05, 3.63) is 34.6 Å². The Morgan fingerprint density at radius 1 is 1.44 bits per heavy atom. The molecule has 0 unspecified atom stereocenters. The van der Waals surface area contributed by atoms with Crippen LogP contribution >= 0.6 is 11.6 Å². The molecule has 0 aliphatic rings. The van der Waals surface area contributed by atoms with Crippen LogP contribution in [0.25, 0.3) is 0 Å². The van der Waals surface area contributed by atoms with Crippen LogP contribution in [-0.2, 0) is 20.1 Å². The highest BCUT2D eigenvalue weighted by Crippen LogP contribution is 2.19. The second-order valence-electron chi connectivity index (χ2n) is 4.30. The third kappa shape index (κ3) is 2.73. The summed E-state index contributed by atoms with van der Waals surface area (Å²) in [6.07, 6.45) is 3.86. The van der Waals surface area contributed by atoms with Gasteiger partial charge in [-0.3, -0.25) is 4.68 Å². The first-order chi connectivity index (χ1) is 8.61. The standard InChI is InChI=1S/C12H18ClN5/c1-4-14-5-10-6-18(8-15-10)7-11-9(2)16-17(3)12(11)13/h6,8,14H,4-5,7H2,1-3H3. The van der Waals surface area contributed by atoms with Crippen molar-refractivity contribution in [2.24, 2.45) is 7.05 Å². The number of aromatic nitrogens is 4. The fourth-order valence-electron chi connectivity index (χ4n) is 1.87. The Kier molecular flexibility index (Phi) is 4.04. The van der Waals surface area contributed by atoms with Crippen LogP contribution < -0.4 is 5.32 Å². The molecule has 0 saturated heterocycles. The van der Waals surface area contributed by atoms with Gasteiger partial charge in [-0.25, -0.2) is 4.98 Å². The molecule has 6 heteroatoms. The third-order valence-corrected chi connectivity index (χ3v) is 3.33. The van der Waals surface area contributed by atoms with Crippen LogP contribution in [-0.4, -0.2) is 25.9 Å². The molecule has 5 nitrogen and oxygen atoms in total. The summed E-state index contributed by atoms with van der Waals surface area (Å²) in [6, 6.07) is 0. The normalized spacial score (nSPS) is 11.1. The monoisotopic (exact) mass is 267 g/mol. The van der Waals surface area contributed by atoms with E-state index in [1.54, 1.807) is 4.68 Å². The van der Waals surface area contributed by atoms with Crippen LogP contribution in [0.4, 0.5) is 0 Å². The van der Waals surface area contributed by atoms with E-state index in [1.807, 2.05) is 31.1 Å². The smallest absolute Gasteiger partial charge is 0.131 e. The topological polar surface area (TPSA) is 47.7 Å². The van der Waals surface area contributed by atoms with Gasteiger partial charge in [0, 0.05) is 25.4 Å². The summed E-state index contributed by atoms with van der Waals surface area (Å²) in [5.41, 5.74) is 3.05. The van der Waals surface area contributed by atoms with Crippen molar-refractivity contribution in [2.75, 3.05) is 6.54 Å². The van der Waals surface area contributed by atoms with Crippen LogP contribution in [0.3, 0.4) is 0 Å². The van der Waals surface area contributed by atoms with Gasteiger partial charge in [0.05, 0.1) is 24.3 Å². The minimum absolute atomic E-state index is 0.689. The number of imidazole rings is 1. The first-order valence-electron chi connectivity index (χ1n) is 6.01. The highest BCUT2D eigenvalue weighted by Gasteiger charge is 2.11. The van der Waals surface area contributed by atoms with Gasteiger partial charge in [0.25, 0.3) is 0 Å². The molecule has 0 atom stereocenters. The molecule has 0 fully saturated rings. The van der Waals surface area contributed by atoms with Gasteiger partial charge in [0.1, 0.15) is 5.15 Å². The highest BCUT2D eigenvalue weighted by molar-refractivity contribution is 6.30. The number of rotatable bonds is 5. The van der Waals surface area contributed by atoms with Gasteiger partial charge in [-0.1, -0.05) is 18.5 Å². The quantitative estimate of drug-likeness (QED) is 0.898.